The number of nitrogens with one attached hydrogen (secondary N) is 1. The van der Waals surface area contributed by atoms with Crippen LogP contribution in [0.4, 0.5) is 8.78 Å². The molecule has 0 radical (unpaired) electrons. The molecule has 0 bridgehead atoms. The Balaban J connectivity index is 0.000000440. The van der Waals surface area contributed by atoms with Crippen molar-refractivity contribution in [3.63, 3.8) is 0 Å². The molecule has 10 nitrogen and oxygen atoms in total. The molecule has 0 aliphatic rings. The number of aliphatic carboxylic acids is 2. The lowest BCUT2D eigenvalue weighted by Gasteiger charge is -2.12. The number of nitrogens with zero attached hydrogens (tertiary/aromatic N) is 3. The van der Waals surface area contributed by atoms with Crippen molar-refractivity contribution in [1.82, 2.24) is 19.3 Å². The molecule has 0 unspecified atom stereocenters. The second-order valence-corrected chi connectivity index (χ2v) is 8.37. The maximum Gasteiger partial charge on any atom is 0.328 e. The summed E-state index contributed by atoms with van der Waals surface area (Å²) >= 11 is 0. The van der Waals surface area contributed by atoms with Gasteiger partial charge in [0.1, 0.15) is 10.6 Å². The van der Waals surface area contributed by atoms with Gasteiger partial charge in [0.05, 0.1) is 11.3 Å². The first-order valence-electron chi connectivity index (χ1n) is 9.47. The molecule has 3 aromatic rings. The molecule has 3 rings (SSSR count). The normalized spacial score (nSPS) is 11.2. The monoisotopic (exact) mass is 494 g/mol. The third-order valence-electron chi connectivity index (χ3n) is 4.23. The van der Waals surface area contributed by atoms with Crippen LogP contribution in [0.15, 0.2) is 59.9 Å². The van der Waals surface area contributed by atoms with E-state index in [4.69, 9.17) is 10.2 Å². The summed E-state index contributed by atoms with van der Waals surface area (Å²) in [6, 6.07) is 5.54. The summed E-state index contributed by atoms with van der Waals surface area (Å²) in [6.07, 6.45) is 4.93. The molecule has 3 aromatic heterocycles. The molecule has 0 atom stereocenters. The van der Waals surface area contributed by atoms with Crippen molar-refractivity contribution in [2.45, 2.75) is 18.4 Å². The van der Waals surface area contributed by atoms with Crippen LogP contribution in [-0.4, -0.2) is 51.6 Å². The third kappa shape index (κ3) is 6.08. The number of carboxylic acid groups (broad SMARTS) is 2. The van der Waals surface area contributed by atoms with E-state index in [1.54, 1.807) is 7.05 Å². The van der Waals surface area contributed by atoms with E-state index in [2.05, 4.69) is 15.3 Å². The minimum absolute atomic E-state index is 0.0786. The van der Waals surface area contributed by atoms with E-state index in [0.29, 0.717) is 12.2 Å². The van der Waals surface area contributed by atoms with Gasteiger partial charge in [0.2, 0.25) is 5.95 Å². The van der Waals surface area contributed by atoms with Gasteiger partial charge >= 0.3 is 11.9 Å². The van der Waals surface area contributed by atoms with E-state index in [0.717, 1.165) is 10.2 Å². The third-order valence-corrected chi connectivity index (χ3v) is 6.02. The average molecular weight is 494 g/mol. The fraction of sp³-hybridized carbons (Fsp3) is 0.143. The average Bonchev–Trinajstić information content (AvgIpc) is 3.10. The highest BCUT2D eigenvalue weighted by atomic mass is 32.2. The Kier molecular flexibility index (Phi) is 8.70. The van der Waals surface area contributed by atoms with Gasteiger partial charge in [0.15, 0.2) is 5.82 Å². The molecule has 0 aromatic carbocycles. The zero-order chi connectivity index (χ0) is 25.5. The van der Waals surface area contributed by atoms with Crippen LogP contribution in [0.1, 0.15) is 11.3 Å². The van der Waals surface area contributed by atoms with Crippen molar-refractivity contribution >= 4 is 22.0 Å². The Morgan fingerprint density at radius 1 is 1.09 bits per heavy atom. The van der Waals surface area contributed by atoms with E-state index < -0.39 is 39.4 Å². The second kappa shape index (κ2) is 11.2. The summed E-state index contributed by atoms with van der Waals surface area (Å²) < 4.78 is 56.1. The Bertz CT molecular complexity index is 1320. The zero-order valence-electron chi connectivity index (χ0n) is 17.9. The molecule has 0 saturated carbocycles. The summed E-state index contributed by atoms with van der Waals surface area (Å²) in [4.78, 5) is 26.5. The minimum atomic E-state index is -4.19. The predicted octanol–water partition coefficient (Wildman–Crippen LogP) is 2.20. The van der Waals surface area contributed by atoms with Gasteiger partial charge in [-0.05, 0) is 38.2 Å². The summed E-state index contributed by atoms with van der Waals surface area (Å²) in [5.41, 5.74) is -0.285. The summed E-state index contributed by atoms with van der Waals surface area (Å²) in [5.74, 6) is -4.30. The number of aromatic nitrogens is 3. The first-order chi connectivity index (χ1) is 16.0. The van der Waals surface area contributed by atoms with E-state index in [1.165, 1.54) is 43.6 Å². The number of hydrogen-bond acceptors (Lipinski definition) is 7. The van der Waals surface area contributed by atoms with Gasteiger partial charge in [-0.2, -0.15) is 4.39 Å². The number of rotatable bonds is 7. The molecule has 3 N–H and O–H groups in total. The highest BCUT2D eigenvalue weighted by molar-refractivity contribution is 7.90. The largest absolute Gasteiger partial charge is 0.478 e. The van der Waals surface area contributed by atoms with Crippen LogP contribution in [0.3, 0.4) is 0 Å². The van der Waals surface area contributed by atoms with Crippen molar-refractivity contribution in [2.75, 3.05) is 7.05 Å². The molecule has 180 valence electrons. The van der Waals surface area contributed by atoms with Crippen LogP contribution in [0.25, 0.3) is 11.3 Å². The summed E-state index contributed by atoms with van der Waals surface area (Å²) in [7, 11) is -2.60. The van der Waals surface area contributed by atoms with Gasteiger partial charge in [-0.1, -0.05) is 0 Å². The smallest absolute Gasteiger partial charge is 0.328 e. The lowest BCUT2D eigenvalue weighted by atomic mass is 10.2. The van der Waals surface area contributed by atoms with Crippen molar-refractivity contribution < 1.29 is 37.0 Å². The molecule has 13 heteroatoms. The molecule has 0 saturated heterocycles. The highest BCUT2D eigenvalue weighted by Crippen LogP contribution is 2.32. The van der Waals surface area contributed by atoms with E-state index in [9.17, 15) is 26.8 Å². The second-order valence-electron chi connectivity index (χ2n) is 6.59. The zero-order valence-corrected chi connectivity index (χ0v) is 18.8. The Labute approximate surface area is 193 Å². The lowest BCUT2D eigenvalue weighted by Crippen LogP contribution is -2.16. The van der Waals surface area contributed by atoms with Crippen LogP contribution in [-0.2, 0) is 26.2 Å². The molecule has 3 heterocycles. The summed E-state index contributed by atoms with van der Waals surface area (Å²) in [6.45, 7) is 1.61. The Morgan fingerprint density at radius 2 is 1.68 bits per heavy atom. The van der Waals surface area contributed by atoms with Crippen LogP contribution in [0.5, 0.6) is 0 Å². The van der Waals surface area contributed by atoms with Crippen molar-refractivity contribution in [2.24, 2.45) is 0 Å². The van der Waals surface area contributed by atoms with Crippen molar-refractivity contribution in [3.05, 3.63) is 78.0 Å². The molecular formula is C21H20F2N4O6S. The quantitative estimate of drug-likeness (QED) is 0.332. The molecule has 0 aliphatic heterocycles. The maximum atomic E-state index is 15.0. The number of aryl methyl sites for hydroxylation is 1. The molecule has 0 aliphatic carbocycles. The van der Waals surface area contributed by atoms with Crippen LogP contribution in [0.2, 0.25) is 0 Å². The van der Waals surface area contributed by atoms with Gasteiger partial charge in [0, 0.05) is 42.9 Å². The molecule has 0 amide bonds. The van der Waals surface area contributed by atoms with Crippen LogP contribution < -0.4 is 5.32 Å². The number of pyridine rings is 2. The van der Waals surface area contributed by atoms with Crippen molar-refractivity contribution in [3.8, 4) is 11.3 Å². The summed E-state index contributed by atoms with van der Waals surface area (Å²) in [5, 5.41) is 18.4. The Morgan fingerprint density at radius 3 is 2.21 bits per heavy atom. The minimum Gasteiger partial charge on any atom is -0.478 e. The van der Waals surface area contributed by atoms with Gasteiger partial charge in [-0.25, -0.2) is 31.4 Å². The van der Waals surface area contributed by atoms with E-state index in [-0.39, 0.29) is 28.3 Å². The molecular weight excluding hydrogens is 474 g/mol. The standard InChI is InChI=1S/C17H16F2N4O2S.C4H4O4/c1-11-14(6-4-7-21-11)26(24,25)23-10-12(9-20-2)15(18)16(23)13-5-3-8-22-17(13)19;5-3(6)1-2-4(7)8/h3-8,10,20H,9H2,1-2H3;1-2H,(H,5,6)(H,7,8)/b;2-1+. The van der Waals surface area contributed by atoms with Crippen LogP contribution in [0, 0.1) is 18.7 Å². The number of halogens is 2. The number of hydrogen-bond donors (Lipinski definition) is 3. The van der Waals surface area contributed by atoms with Crippen molar-refractivity contribution in [1.29, 1.82) is 0 Å². The number of carboxylic acids is 2. The topological polar surface area (TPSA) is 151 Å². The van der Waals surface area contributed by atoms with Gasteiger partial charge in [-0.3, -0.25) is 4.98 Å². The first-order valence-corrected chi connectivity index (χ1v) is 10.9. The predicted molar refractivity (Wildman–Crippen MR) is 116 cm³/mol. The molecule has 34 heavy (non-hydrogen) atoms. The molecule has 0 fully saturated rings. The van der Waals surface area contributed by atoms with Gasteiger partial charge < -0.3 is 15.5 Å². The molecule has 0 spiro atoms. The van der Waals surface area contributed by atoms with Gasteiger partial charge in [-0.15, -0.1) is 0 Å². The Hall–Kier alpha value is -3.97. The lowest BCUT2D eigenvalue weighted by molar-refractivity contribution is -0.134. The fourth-order valence-electron chi connectivity index (χ4n) is 2.81. The van der Waals surface area contributed by atoms with E-state index in [1.807, 2.05) is 0 Å². The van der Waals surface area contributed by atoms with Crippen LogP contribution >= 0.6 is 0 Å². The highest BCUT2D eigenvalue weighted by Gasteiger charge is 2.29. The van der Waals surface area contributed by atoms with E-state index >= 15 is 0 Å². The fourth-order valence-corrected chi connectivity index (χ4v) is 4.38. The number of carbonyl (C=O) groups is 2. The first kappa shape index (κ1) is 26.3. The van der Waals surface area contributed by atoms with Gasteiger partial charge in [0.25, 0.3) is 10.0 Å². The maximum absolute atomic E-state index is 15.0. The SMILES string of the molecule is CNCc1cn(S(=O)(=O)c2cccnc2C)c(-c2cccnc2F)c1F.O=C(O)/C=C/C(=O)O.